The fourth-order valence-corrected chi connectivity index (χ4v) is 1.90. The van der Waals surface area contributed by atoms with E-state index in [2.05, 4.69) is 4.74 Å². The molecule has 0 bridgehead atoms. The van der Waals surface area contributed by atoms with Crippen LogP contribution >= 0.6 is 0 Å². The van der Waals surface area contributed by atoms with Crippen LogP contribution in [-0.4, -0.2) is 23.6 Å². The third-order valence-corrected chi connectivity index (χ3v) is 3.46. The molecular weight excluding hydrogens is 278 g/mol. The van der Waals surface area contributed by atoms with E-state index in [1.807, 2.05) is 20.8 Å². The van der Waals surface area contributed by atoms with E-state index in [4.69, 9.17) is 0 Å². The summed E-state index contributed by atoms with van der Waals surface area (Å²) in [5, 5.41) is 10.2. The molecule has 0 heterocycles. The summed E-state index contributed by atoms with van der Waals surface area (Å²) in [5.74, 6) is -5.75. The van der Waals surface area contributed by atoms with Gasteiger partial charge < -0.3 is 9.84 Å². The molecule has 21 heavy (non-hydrogen) atoms. The number of esters is 1. The molecule has 1 rings (SSSR count). The number of alkyl halides is 2. The molecule has 0 aromatic heterocycles. The Morgan fingerprint density at radius 3 is 1.90 bits per heavy atom. The number of ether oxygens (including phenoxy) is 1. The summed E-state index contributed by atoms with van der Waals surface area (Å²) in [6.07, 6.45) is 0. The highest BCUT2D eigenvalue weighted by Crippen LogP contribution is 2.39. The lowest BCUT2D eigenvalue weighted by molar-refractivity contribution is -0.212. The average molecular weight is 300 g/mol. The Labute approximate surface area is 123 Å². The number of hydrogen-bond donors (Lipinski definition) is 1. The highest BCUT2D eigenvalue weighted by Gasteiger charge is 2.57. The van der Waals surface area contributed by atoms with Gasteiger partial charge in [-0.1, -0.05) is 45.0 Å². The molecule has 0 fully saturated rings. The van der Waals surface area contributed by atoms with Crippen molar-refractivity contribution in [2.75, 3.05) is 6.61 Å². The number of aliphatic hydroxyl groups is 1. The van der Waals surface area contributed by atoms with Crippen LogP contribution in [0.1, 0.15) is 45.7 Å². The standard InChI is InChI=1S/C16H22F2O3/c1-6-21-13(19)16(17,18)15(5,20)12-9-7-11(8-10-12)14(2,3)4/h7-10,20H,6H2,1-5H3. The first kappa shape index (κ1) is 17.6. The van der Waals surface area contributed by atoms with Crippen molar-refractivity contribution in [3.63, 3.8) is 0 Å². The van der Waals surface area contributed by atoms with Gasteiger partial charge in [0.05, 0.1) is 6.61 Å². The van der Waals surface area contributed by atoms with Gasteiger partial charge in [0.15, 0.2) is 5.60 Å². The fraction of sp³-hybridized carbons (Fsp3) is 0.562. The monoisotopic (exact) mass is 300 g/mol. The predicted molar refractivity (Wildman–Crippen MR) is 76.3 cm³/mol. The molecule has 1 aromatic carbocycles. The summed E-state index contributed by atoms with van der Waals surface area (Å²) < 4.78 is 32.5. The first-order valence-electron chi connectivity index (χ1n) is 6.83. The number of benzene rings is 1. The number of carbonyl (C=O) groups excluding carboxylic acids is 1. The Kier molecular flexibility index (Phi) is 4.78. The van der Waals surface area contributed by atoms with Crippen LogP contribution in [-0.2, 0) is 20.5 Å². The van der Waals surface area contributed by atoms with Crippen molar-refractivity contribution < 1.29 is 23.4 Å². The van der Waals surface area contributed by atoms with Crippen LogP contribution in [0, 0.1) is 0 Å². The normalized spacial score (nSPS) is 15.4. The molecule has 0 aliphatic carbocycles. The lowest BCUT2D eigenvalue weighted by Crippen LogP contribution is -2.49. The van der Waals surface area contributed by atoms with Gasteiger partial charge in [0, 0.05) is 0 Å². The van der Waals surface area contributed by atoms with Crippen LogP contribution in [0.5, 0.6) is 0 Å². The summed E-state index contributed by atoms with van der Waals surface area (Å²) in [7, 11) is 0. The molecule has 0 spiro atoms. The number of rotatable bonds is 4. The lowest BCUT2D eigenvalue weighted by atomic mass is 9.83. The van der Waals surface area contributed by atoms with E-state index in [1.54, 1.807) is 12.1 Å². The summed E-state index contributed by atoms with van der Waals surface area (Å²) >= 11 is 0. The maximum absolute atomic E-state index is 14.1. The van der Waals surface area contributed by atoms with Crippen molar-refractivity contribution in [1.29, 1.82) is 0 Å². The zero-order valence-corrected chi connectivity index (χ0v) is 13.0. The summed E-state index contributed by atoms with van der Waals surface area (Å²) in [6.45, 7) is 8.15. The van der Waals surface area contributed by atoms with Crippen molar-refractivity contribution in [3.05, 3.63) is 35.4 Å². The second-order valence-electron chi connectivity index (χ2n) is 6.19. The Hall–Kier alpha value is -1.49. The number of halogens is 2. The minimum absolute atomic E-state index is 0.0337. The van der Waals surface area contributed by atoms with E-state index in [0.29, 0.717) is 0 Å². The van der Waals surface area contributed by atoms with Gasteiger partial charge in [0.1, 0.15) is 0 Å². The van der Waals surface area contributed by atoms with E-state index in [-0.39, 0.29) is 17.6 Å². The molecule has 0 aliphatic rings. The zero-order chi connectivity index (χ0) is 16.5. The maximum atomic E-state index is 14.1. The van der Waals surface area contributed by atoms with E-state index in [0.717, 1.165) is 12.5 Å². The van der Waals surface area contributed by atoms with Crippen molar-refractivity contribution >= 4 is 5.97 Å². The molecule has 1 unspecified atom stereocenters. The van der Waals surface area contributed by atoms with Crippen LogP contribution in [0.25, 0.3) is 0 Å². The van der Waals surface area contributed by atoms with E-state index < -0.39 is 17.5 Å². The second-order valence-corrected chi connectivity index (χ2v) is 6.19. The Morgan fingerprint density at radius 1 is 1.10 bits per heavy atom. The smallest absolute Gasteiger partial charge is 0.380 e. The fourth-order valence-electron chi connectivity index (χ4n) is 1.90. The SMILES string of the molecule is CCOC(=O)C(F)(F)C(C)(O)c1ccc(C(C)(C)C)cc1. The van der Waals surface area contributed by atoms with Gasteiger partial charge in [0.25, 0.3) is 0 Å². The largest absolute Gasteiger partial charge is 0.461 e. The predicted octanol–water partition coefficient (Wildman–Crippen LogP) is 3.39. The molecule has 1 aromatic rings. The molecule has 0 saturated heterocycles. The first-order valence-corrected chi connectivity index (χ1v) is 6.83. The first-order chi connectivity index (χ1) is 9.44. The molecule has 0 radical (unpaired) electrons. The average Bonchev–Trinajstić information content (AvgIpc) is 2.37. The van der Waals surface area contributed by atoms with Crippen LogP contribution in [0.15, 0.2) is 24.3 Å². The van der Waals surface area contributed by atoms with Crippen LogP contribution in [0.4, 0.5) is 8.78 Å². The number of carbonyl (C=O) groups is 1. The van der Waals surface area contributed by atoms with Crippen LogP contribution < -0.4 is 0 Å². The van der Waals surface area contributed by atoms with Gasteiger partial charge in [-0.25, -0.2) is 4.79 Å². The van der Waals surface area contributed by atoms with E-state index >= 15 is 0 Å². The zero-order valence-electron chi connectivity index (χ0n) is 13.0. The van der Waals surface area contributed by atoms with Crippen LogP contribution in [0.2, 0.25) is 0 Å². The van der Waals surface area contributed by atoms with Gasteiger partial charge in [-0.2, -0.15) is 8.78 Å². The minimum atomic E-state index is -4.02. The summed E-state index contributed by atoms with van der Waals surface area (Å²) in [6, 6.07) is 6.16. The van der Waals surface area contributed by atoms with Gasteiger partial charge in [-0.3, -0.25) is 0 Å². The van der Waals surface area contributed by atoms with Gasteiger partial charge in [-0.15, -0.1) is 0 Å². The molecular formula is C16H22F2O3. The minimum Gasteiger partial charge on any atom is -0.461 e. The van der Waals surface area contributed by atoms with Crippen molar-refractivity contribution in [2.45, 2.75) is 51.6 Å². The number of hydrogen-bond acceptors (Lipinski definition) is 3. The molecule has 118 valence electrons. The Morgan fingerprint density at radius 2 is 1.52 bits per heavy atom. The topological polar surface area (TPSA) is 46.5 Å². The molecule has 1 N–H and O–H groups in total. The summed E-state index contributed by atoms with van der Waals surface area (Å²) in [5.41, 5.74) is -1.85. The molecule has 1 atom stereocenters. The van der Waals surface area contributed by atoms with Gasteiger partial charge >= 0.3 is 11.9 Å². The van der Waals surface area contributed by atoms with Crippen molar-refractivity contribution in [2.24, 2.45) is 0 Å². The van der Waals surface area contributed by atoms with Gasteiger partial charge in [-0.05, 0) is 30.4 Å². The quantitative estimate of drug-likeness (QED) is 0.867. The second kappa shape index (κ2) is 5.72. The molecule has 5 heteroatoms. The van der Waals surface area contributed by atoms with E-state index in [1.165, 1.54) is 19.1 Å². The van der Waals surface area contributed by atoms with E-state index in [9.17, 15) is 18.7 Å². The molecule has 0 aliphatic heterocycles. The highest BCUT2D eigenvalue weighted by molar-refractivity contribution is 5.79. The third kappa shape index (κ3) is 3.40. The summed E-state index contributed by atoms with van der Waals surface area (Å²) in [4.78, 5) is 11.4. The third-order valence-electron chi connectivity index (χ3n) is 3.46. The van der Waals surface area contributed by atoms with Crippen molar-refractivity contribution in [1.82, 2.24) is 0 Å². The maximum Gasteiger partial charge on any atom is 0.380 e. The van der Waals surface area contributed by atoms with Crippen molar-refractivity contribution in [3.8, 4) is 0 Å². The molecule has 0 saturated carbocycles. The lowest BCUT2D eigenvalue weighted by Gasteiger charge is -2.31. The van der Waals surface area contributed by atoms with Gasteiger partial charge in [0.2, 0.25) is 0 Å². The highest BCUT2D eigenvalue weighted by atomic mass is 19.3. The molecule has 3 nitrogen and oxygen atoms in total. The Bertz CT molecular complexity index is 499. The molecule has 0 amide bonds. The Balaban J connectivity index is 3.15. The van der Waals surface area contributed by atoms with Crippen LogP contribution in [0.3, 0.4) is 0 Å².